The monoisotopic (exact) mass is 261 g/mol. The zero-order chi connectivity index (χ0) is 12.8. The number of aromatic amines is 1. The van der Waals surface area contributed by atoms with E-state index in [9.17, 15) is 9.90 Å². The zero-order valence-electron chi connectivity index (χ0n) is 9.87. The van der Waals surface area contributed by atoms with E-state index in [1.165, 1.54) is 0 Å². The molecule has 0 fully saturated rings. The molecule has 4 heteroatoms. The number of nitrogens with one attached hydrogen (secondary N) is 1. The first-order valence-electron chi connectivity index (χ1n) is 5.74. The van der Waals surface area contributed by atoms with E-state index in [0.29, 0.717) is 5.75 Å². The van der Waals surface area contributed by atoms with Crippen molar-refractivity contribution in [1.29, 1.82) is 0 Å². The van der Waals surface area contributed by atoms with Gasteiger partial charge in [0.15, 0.2) is 0 Å². The van der Waals surface area contributed by atoms with E-state index >= 15 is 0 Å². The minimum Gasteiger partial charge on any atom is -0.388 e. The van der Waals surface area contributed by atoms with Gasteiger partial charge in [-0.05, 0) is 17.2 Å². The summed E-state index contributed by atoms with van der Waals surface area (Å²) in [6.45, 7) is 0. The molecule has 0 amide bonds. The van der Waals surface area contributed by atoms with E-state index in [4.69, 9.17) is 0 Å². The molecule has 1 aromatic heterocycles. The first-order chi connectivity index (χ1) is 8.75. The molecule has 0 bridgehead atoms. The maximum absolute atomic E-state index is 11.1. The summed E-state index contributed by atoms with van der Waals surface area (Å²) in [5.41, 5.74) is 1.82. The summed E-state index contributed by atoms with van der Waals surface area (Å²) in [7, 11) is 0. The Bertz CT molecular complexity index is 539. The average Bonchev–Trinajstić information content (AvgIpc) is 2.40. The Kier molecular flexibility index (Phi) is 4.61. The third-order valence-corrected chi connectivity index (χ3v) is 3.66. The molecule has 0 saturated carbocycles. The lowest BCUT2D eigenvalue weighted by molar-refractivity contribution is 0.204. The van der Waals surface area contributed by atoms with Crippen LogP contribution in [0.2, 0.25) is 0 Å². The molecule has 3 nitrogen and oxygen atoms in total. The van der Waals surface area contributed by atoms with Gasteiger partial charge in [-0.3, -0.25) is 4.79 Å². The van der Waals surface area contributed by atoms with Gasteiger partial charge in [-0.15, -0.1) is 0 Å². The summed E-state index contributed by atoms with van der Waals surface area (Å²) in [4.78, 5) is 13.7. The molecule has 18 heavy (non-hydrogen) atoms. The summed E-state index contributed by atoms with van der Waals surface area (Å²) >= 11 is 1.62. The van der Waals surface area contributed by atoms with Gasteiger partial charge in [-0.1, -0.05) is 30.3 Å². The number of aliphatic hydroxyl groups is 1. The number of pyridine rings is 1. The van der Waals surface area contributed by atoms with Crippen LogP contribution in [-0.2, 0) is 5.75 Å². The summed E-state index contributed by atoms with van der Waals surface area (Å²) in [5.74, 6) is 1.35. The van der Waals surface area contributed by atoms with Crippen molar-refractivity contribution in [3.8, 4) is 0 Å². The molecular weight excluding hydrogens is 246 g/mol. The number of H-pyrrole nitrogens is 1. The molecule has 0 radical (unpaired) electrons. The van der Waals surface area contributed by atoms with Crippen molar-refractivity contribution in [1.82, 2.24) is 4.98 Å². The molecule has 2 N–H and O–H groups in total. The van der Waals surface area contributed by atoms with Crippen LogP contribution in [0.15, 0.2) is 53.5 Å². The van der Waals surface area contributed by atoms with Crippen molar-refractivity contribution in [2.75, 3.05) is 5.75 Å². The Labute approximate surface area is 110 Å². The van der Waals surface area contributed by atoms with Crippen LogP contribution in [0.25, 0.3) is 0 Å². The van der Waals surface area contributed by atoms with Gasteiger partial charge in [-0.25, -0.2) is 0 Å². The highest BCUT2D eigenvalue weighted by Crippen LogP contribution is 2.20. The fourth-order valence-corrected chi connectivity index (χ4v) is 2.59. The summed E-state index contributed by atoms with van der Waals surface area (Å²) in [6.07, 6.45) is 1.18. The van der Waals surface area contributed by atoms with Crippen LogP contribution in [0.3, 0.4) is 0 Å². The quantitative estimate of drug-likeness (QED) is 0.868. The highest BCUT2D eigenvalue weighted by molar-refractivity contribution is 7.98. The first kappa shape index (κ1) is 12.9. The van der Waals surface area contributed by atoms with E-state index in [1.54, 1.807) is 24.0 Å². The van der Waals surface area contributed by atoms with Gasteiger partial charge in [0.05, 0.1) is 6.10 Å². The highest BCUT2D eigenvalue weighted by Gasteiger charge is 2.06. The third-order valence-electron chi connectivity index (χ3n) is 2.57. The molecule has 0 spiro atoms. The molecular formula is C14H15NO2S. The van der Waals surface area contributed by atoms with Gasteiger partial charge in [0.2, 0.25) is 5.56 Å². The molecule has 1 heterocycles. The topological polar surface area (TPSA) is 53.1 Å². The Morgan fingerprint density at radius 3 is 2.72 bits per heavy atom. The highest BCUT2D eigenvalue weighted by atomic mass is 32.2. The standard InChI is InChI=1S/C14H15NO2S/c16-13(12-4-2-1-3-5-12)10-18-9-11-6-7-15-14(17)8-11/h1-8,13,16H,9-10H2,(H,15,17). The number of aliphatic hydroxyl groups excluding tert-OH is 1. The maximum Gasteiger partial charge on any atom is 0.248 e. The minimum atomic E-state index is -0.460. The van der Waals surface area contributed by atoms with E-state index < -0.39 is 6.10 Å². The summed E-state index contributed by atoms with van der Waals surface area (Å²) in [6, 6.07) is 13.1. The fourth-order valence-electron chi connectivity index (χ4n) is 1.64. The van der Waals surface area contributed by atoms with Crippen LogP contribution in [0.4, 0.5) is 0 Å². The van der Waals surface area contributed by atoms with E-state index in [-0.39, 0.29) is 5.56 Å². The smallest absolute Gasteiger partial charge is 0.248 e. The molecule has 0 saturated heterocycles. The largest absolute Gasteiger partial charge is 0.388 e. The van der Waals surface area contributed by atoms with Gasteiger partial charge >= 0.3 is 0 Å². The lowest BCUT2D eigenvalue weighted by atomic mass is 10.1. The van der Waals surface area contributed by atoms with Gasteiger partial charge in [0.25, 0.3) is 0 Å². The molecule has 1 unspecified atom stereocenters. The van der Waals surface area contributed by atoms with Gasteiger partial charge < -0.3 is 10.1 Å². The van der Waals surface area contributed by atoms with Crippen LogP contribution in [0.1, 0.15) is 17.2 Å². The molecule has 0 aliphatic carbocycles. The van der Waals surface area contributed by atoms with Gasteiger partial charge in [0.1, 0.15) is 0 Å². The Morgan fingerprint density at radius 1 is 1.22 bits per heavy atom. The number of rotatable bonds is 5. The van der Waals surface area contributed by atoms with Crippen molar-refractivity contribution in [3.05, 3.63) is 70.1 Å². The van der Waals surface area contributed by atoms with Crippen molar-refractivity contribution in [2.45, 2.75) is 11.9 Å². The predicted molar refractivity (Wildman–Crippen MR) is 74.6 cm³/mol. The summed E-state index contributed by atoms with van der Waals surface area (Å²) in [5, 5.41) is 9.96. The predicted octanol–water partition coefficient (Wildman–Crippen LogP) is 2.34. The van der Waals surface area contributed by atoms with Gasteiger partial charge in [0, 0.05) is 23.8 Å². The maximum atomic E-state index is 11.1. The molecule has 2 aromatic rings. The van der Waals surface area contributed by atoms with Crippen molar-refractivity contribution >= 4 is 11.8 Å². The van der Waals surface area contributed by atoms with Crippen LogP contribution in [0.5, 0.6) is 0 Å². The number of thioether (sulfide) groups is 1. The van der Waals surface area contributed by atoms with Crippen LogP contribution in [0, 0.1) is 0 Å². The zero-order valence-corrected chi connectivity index (χ0v) is 10.7. The Hall–Kier alpha value is -1.52. The van der Waals surface area contributed by atoms with Gasteiger partial charge in [-0.2, -0.15) is 11.8 Å². The van der Waals surface area contributed by atoms with Crippen molar-refractivity contribution in [3.63, 3.8) is 0 Å². The second-order valence-electron chi connectivity index (χ2n) is 4.00. The first-order valence-corrected chi connectivity index (χ1v) is 6.89. The number of benzene rings is 1. The average molecular weight is 261 g/mol. The molecule has 1 atom stereocenters. The Balaban J connectivity index is 1.84. The van der Waals surface area contributed by atoms with Crippen LogP contribution >= 0.6 is 11.8 Å². The second-order valence-corrected chi connectivity index (χ2v) is 5.03. The molecule has 1 aromatic carbocycles. The summed E-state index contributed by atoms with van der Waals surface area (Å²) < 4.78 is 0. The van der Waals surface area contributed by atoms with Crippen molar-refractivity contribution < 1.29 is 5.11 Å². The SMILES string of the molecule is O=c1cc(CSCC(O)c2ccccc2)cc[nH]1. The number of hydrogen-bond donors (Lipinski definition) is 2. The molecule has 0 aliphatic heterocycles. The molecule has 94 valence electrons. The fraction of sp³-hybridized carbons (Fsp3) is 0.214. The third kappa shape index (κ3) is 3.75. The lowest BCUT2D eigenvalue weighted by Crippen LogP contribution is -2.04. The lowest BCUT2D eigenvalue weighted by Gasteiger charge is -2.10. The minimum absolute atomic E-state index is 0.0864. The molecule has 2 rings (SSSR count). The number of aromatic nitrogens is 1. The van der Waals surface area contributed by atoms with E-state index in [0.717, 1.165) is 16.9 Å². The van der Waals surface area contributed by atoms with Crippen LogP contribution < -0.4 is 5.56 Å². The van der Waals surface area contributed by atoms with Crippen LogP contribution in [-0.4, -0.2) is 15.8 Å². The normalized spacial score (nSPS) is 12.3. The van der Waals surface area contributed by atoms with E-state index in [2.05, 4.69) is 4.98 Å². The molecule has 0 aliphatic rings. The van der Waals surface area contributed by atoms with Crippen molar-refractivity contribution in [2.24, 2.45) is 0 Å². The van der Waals surface area contributed by atoms with E-state index in [1.807, 2.05) is 36.4 Å². The number of hydrogen-bond acceptors (Lipinski definition) is 3. The Morgan fingerprint density at radius 2 is 2.00 bits per heavy atom. The second kappa shape index (κ2) is 6.42.